The Labute approximate surface area is 196 Å². The van der Waals surface area contributed by atoms with Crippen molar-refractivity contribution in [2.24, 2.45) is 5.73 Å². The summed E-state index contributed by atoms with van der Waals surface area (Å²) in [6, 6.07) is 1.33. The zero-order chi connectivity index (χ0) is 24.7. The lowest BCUT2D eigenvalue weighted by molar-refractivity contribution is -0.143. The molecule has 0 aliphatic carbocycles. The maximum Gasteiger partial charge on any atom is 0.326 e. The number of carbonyl (C=O) groups excluding carboxylic acids is 3. The number of thiol groups is 1. The first kappa shape index (κ1) is 26.4. The number of phenols is 1. The van der Waals surface area contributed by atoms with Gasteiger partial charge in [-0.25, -0.2) is 4.79 Å². The molecule has 182 valence electrons. The SMILES string of the molecule is CC(O)C(NC(=O)C1CCCN1C(=O)C(N)CS)C(=O)NC(Cc1ccc(O)cc1)C(=O)O. The lowest BCUT2D eigenvalue weighted by atomic mass is 10.0. The molecule has 1 aromatic carbocycles. The summed E-state index contributed by atoms with van der Waals surface area (Å²) in [6.07, 6.45) is -0.470. The fourth-order valence-corrected chi connectivity index (χ4v) is 3.73. The summed E-state index contributed by atoms with van der Waals surface area (Å²) in [6.45, 7) is 1.62. The molecule has 1 fully saturated rings. The van der Waals surface area contributed by atoms with Crippen molar-refractivity contribution < 1.29 is 34.5 Å². The van der Waals surface area contributed by atoms with Crippen LogP contribution in [-0.2, 0) is 25.6 Å². The third-order valence-corrected chi connectivity index (χ3v) is 5.80. The number of hydrogen-bond acceptors (Lipinski definition) is 8. The molecule has 5 unspecified atom stereocenters. The standard InChI is InChI=1S/C21H30N4O7S/c1-11(26)17(24-18(28)16-3-2-8-25(16)20(30)14(22)10-33)19(29)23-15(21(31)32)9-12-4-6-13(27)7-5-12/h4-7,11,14-17,26-27,33H,2-3,8-10,22H2,1H3,(H,23,29)(H,24,28)(H,31,32). The van der Waals surface area contributed by atoms with Crippen LogP contribution >= 0.6 is 12.6 Å². The van der Waals surface area contributed by atoms with Gasteiger partial charge in [0.2, 0.25) is 17.7 Å². The number of aliphatic hydroxyl groups is 1. The molecule has 0 aromatic heterocycles. The van der Waals surface area contributed by atoms with Crippen molar-refractivity contribution in [3.05, 3.63) is 29.8 Å². The molecule has 2 rings (SSSR count). The molecule has 0 radical (unpaired) electrons. The van der Waals surface area contributed by atoms with Crippen molar-refractivity contribution in [2.45, 2.75) is 56.5 Å². The van der Waals surface area contributed by atoms with E-state index in [1.54, 1.807) is 0 Å². The van der Waals surface area contributed by atoms with Crippen molar-refractivity contribution in [1.29, 1.82) is 0 Å². The largest absolute Gasteiger partial charge is 0.508 e. The average molecular weight is 483 g/mol. The molecule has 3 amide bonds. The third-order valence-electron chi connectivity index (χ3n) is 5.41. The Bertz CT molecular complexity index is 865. The van der Waals surface area contributed by atoms with E-state index in [2.05, 4.69) is 23.3 Å². The van der Waals surface area contributed by atoms with Gasteiger partial charge >= 0.3 is 5.97 Å². The zero-order valence-corrected chi connectivity index (χ0v) is 19.1. The third kappa shape index (κ3) is 7.07. The van der Waals surface area contributed by atoms with Gasteiger partial charge in [-0.15, -0.1) is 0 Å². The number of rotatable bonds is 10. The molecule has 1 saturated heterocycles. The lowest BCUT2D eigenvalue weighted by Crippen LogP contribution is -2.59. The molecule has 7 N–H and O–H groups in total. The molecule has 0 bridgehead atoms. The van der Waals surface area contributed by atoms with Gasteiger partial charge in [-0.3, -0.25) is 14.4 Å². The number of hydrogen-bond donors (Lipinski definition) is 7. The van der Waals surface area contributed by atoms with Gasteiger partial charge in [-0.2, -0.15) is 12.6 Å². The van der Waals surface area contributed by atoms with Gasteiger partial charge in [0.1, 0.15) is 23.9 Å². The van der Waals surface area contributed by atoms with E-state index in [0.29, 0.717) is 24.9 Å². The van der Waals surface area contributed by atoms with Crippen LogP contribution in [0.4, 0.5) is 0 Å². The molecular formula is C21H30N4O7S. The number of aliphatic carboxylic acids is 1. The first-order valence-electron chi connectivity index (χ1n) is 10.5. The van der Waals surface area contributed by atoms with Crippen LogP contribution < -0.4 is 16.4 Å². The second kappa shape index (κ2) is 11.9. The second-order valence-corrected chi connectivity index (χ2v) is 8.34. The van der Waals surface area contributed by atoms with Crippen LogP contribution in [0.15, 0.2) is 24.3 Å². The van der Waals surface area contributed by atoms with Gasteiger partial charge in [-0.1, -0.05) is 12.1 Å². The molecule has 0 saturated carbocycles. The maximum atomic E-state index is 12.8. The smallest absolute Gasteiger partial charge is 0.326 e. The van der Waals surface area contributed by atoms with Gasteiger partial charge in [-0.05, 0) is 37.5 Å². The van der Waals surface area contributed by atoms with Crippen molar-refractivity contribution in [1.82, 2.24) is 15.5 Å². The van der Waals surface area contributed by atoms with E-state index in [4.69, 9.17) is 5.73 Å². The van der Waals surface area contributed by atoms with E-state index in [1.807, 2.05) is 0 Å². The normalized spacial score (nSPS) is 19.3. The number of carboxylic acid groups (broad SMARTS) is 1. The van der Waals surface area contributed by atoms with Crippen LogP contribution in [0.5, 0.6) is 5.75 Å². The summed E-state index contributed by atoms with van der Waals surface area (Å²) in [5.41, 5.74) is 6.29. The Balaban J connectivity index is 2.08. The maximum absolute atomic E-state index is 12.8. The minimum Gasteiger partial charge on any atom is -0.508 e. The number of aliphatic hydroxyl groups excluding tert-OH is 1. The van der Waals surface area contributed by atoms with Gasteiger partial charge in [0.25, 0.3) is 0 Å². The highest BCUT2D eigenvalue weighted by Gasteiger charge is 2.38. The summed E-state index contributed by atoms with van der Waals surface area (Å²) >= 11 is 4.01. The first-order valence-corrected chi connectivity index (χ1v) is 11.1. The van der Waals surface area contributed by atoms with Gasteiger partial charge in [0.05, 0.1) is 12.1 Å². The number of phenolic OH excluding ortho intramolecular Hbond substituents is 1. The molecule has 11 nitrogen and oxygen atoms in total. The molecule has 1 aliphatic heterocycles. The molecule has 5 atom stereocenters. The van der Waals surface area contributed by atoms with E-state index in [1.165, 1.54) is 36.1 Å². The fraction of sp³-hybridized carbons (Fsp3) is 0.524. The molecule has 0 spiro atoms. The first-order chi connectivity index (χ1) is 15.5. The number of nitrogens with two attached hydrogens (primary N) is 1. The number of nitrogens with one attached hydrogen (secondary N) is 2. The Kier molecular flexibility index (Phi) is 9.50. The van der Waals surface area contributed by atoms with Crippen molar-refractivity contribution >= 4 is 36.3 Å². The number of aromatic hydroxyl groups is 1. The predicted octanol–water partition coefficient (Wildman–Crippen LogP) is -1.38. The second-order valence-electron chi connectivity index (χ2n) is 7.98. The minimum atomic E-state index is -1.43. The van der Waals surface area contributed by atoms with E-state index in [9.17, 15) is 34.5 Å². The summed E-state index contributed by atoms with van der Waals surface area (Å²) in [4.78, 5) is 51.0. The molecule has 33 heavy (non-hydrogen) atoms. The fourth-order valence-electron chi connectivity index (χ4n) is 3.58. The molecular weight excluding hydrogens is 452 g/mol. The van der Waals surface area contributed by atoms with Crippen LogP contribution in [-0.4, -0.2) is 86.5 Å². The highest BCUT2D eigenvalue weighted by molar-refractivity contribution is 7.80. The highest BCUT2D eigenvalue weighted by Crippen LogP contribution is 2.19. The van der Waals surface area contributed by atoms with E-state index in [0.717, 1.165) is 0 Å². The summed E-state index contributed by atoms with van der Waals surface area (Å²) < 4.78 is 0. The molecule has 1 heterocycles. The van der Waals surface area contributed by atoms with Gasteiger partial charge in [0, 0.05) is 18.7 Å². The van der Waals surface area contributed by atoms with E-state index < -0.39 is 54.0 Å². The summed E-state index contributed by atoms with van der Waals surface area (Å²) in [7, 11) is 0. The number of carboxylic acids is 1. The lowest BCUT2D eigenvalue weighted by Gasteiger charge is -2.29. The van der Waals surface area contributed by atoms with Crippen LogP contribution in [0.25, 0.3) is 0 Å². The molecule has 1 aliphatic rings. The predicted molar refractivity (Wildman–Crippen MR) is 122 cm³/mol. The highest BCUT2D eigenvalue weighted by atomic mass is 32.1. The molecule has 12 heteroatoms. The number of amides is 3. The van der Waals surface area contributed by atoms with E-state index in [-0.39, 0.29) is 17.9 Å². The Morgan fingerprint density at radius 3 is 2.39 bits per heavy atom. The Morgan fingerprint density at radius 2 is 1.85 bits per heavy atom. The van der Waals surface area contributed by atoms with E-state index >= 15 is 0 Å². The number of carbonyl (C=O) groups is 4. The van der Waals surface area contributed by atoms with Crippen LogP contribution in [0, 0.1) is 0 Å². The van der Waals surface area contributed by atoms with Gasteiger partial charge in [0.15, 0.2) is 0 Å². The quantitative estimate of drug-likeness (QED) is 0.199. The Morgan fingerprint density at radius 1 is 1.21 bits per heavy atom. The number of likely N-dealkylation sites (tertiary alicyclic amines) is 1. The topological polar surface area (TPSA) is 182 Å². The van der Waals surface area contributed by atoms with Crippen LogP contribution in [0.1, 0.15) is 25.3 Å². The summed E-state index contributed by atoms with van der Waals surface area (Å²) in [5.74, 6) is -3.13. The summed E-state index contributed by atoms with van der Waals surface area (Å²) in [5, 5.41) is 33.7. The minimum absolute atomic E-state index is 0.0151. The van der Waals surface area contributed by atoms with Crippen molar-refractivity contribution in [3.63, 3.8) is 0 Å². The monoisotopic (exact) mass is 482 g/mol. The number of nitrogens with zero attached hydrogens (tertiary/aromatic N) is 1. The van der Waals surface area contributed by atoms with Gasteiger partial charge < -0.3 is 36.6 Å². The van der Waals surface area contributed by atoms with Crippen LogP contribution in [0.3, 0.4) is 0 Å². The van der Waals surface area contributed by atoms with Crippen molar-refractivity contribution in [3.8, 4) is 5.75 Å². The molecule has 1 aromatic rings. The number of benzene rings is 1. The van der Waals surface area contributed by atoms with Crippen LogP contribution in [0.2, 0.25) is 0 Å². The average Bonchev–Trinajstić information content (AvgIpc) is 3.26. The van der Waals surface area contributed by atoms with Crippen molar-refractivity contribution in [2.75, 3.05) is 12.3 Å². The Hall–Kier alpha value is -2.83. The zero-order valence-electron chi connectivity index (χ0n) is 18.2.